The molecule has 128 valence electrons. The molecule has 0 fully saturated rings. The minimum absolute atomic E-state index is 0.0508. The maximum Gasteiger partial charge on any atom is 0.176 e. The predicted molar refractivity (Wildman–Crippen MR) is 96.8 cm³/mol. The Morgan fingerprint density at radius 2 is 1.71 bits per heavy atom. The second-order valence-corrected chi connectivity index (χ2v) is 6.51. The van der Waals surface area contributed by atoms with Crippen LogP contribution in [0.3, 0.4) is 0 Å². The van der Waals surface area contributed by atoms with Gasteiger partial charge in [0.2, 0.25) is 0 Å². The number of ketones is 1. The Balaban J connectivity index is 2.08. The number of benzene rings is 2. The number of ether oxygens (including phenoxy) is 3. The molecule has 0 aliphatic rings. The summed E-state index contributed by atoms with van der Waals surface area (Å²) in [7, 11) is 3.13. The summed E-state index contributed by atoms with van der Waals surface area (Å²) in [4.78, 5) is 13.7. The van der Waals surface area contributed by atoms with E-state index < -0.39 is 0 Å². The number of methoxy groups -OCH3 is 2. The smallest absolute Gasteiger partial charge is 0.176 e. The number of hydrogen-bond acceptors (Lipinski definition) is 5. The molecule has 2 rings (SSSR count). The maximum absolute atomic E-state index is 12.6. The van der Waals surface area contributed by atoms with Crippen LogP contribution in [0.2, 0.25) is 0 Å². The quantitative estimate of drug-likeness (QED) is 0.521. The minimum Gasteiger partial charge on any atom is -0.494 e. The average molecular weight is 346 g/mol. The number of hydrogen-bond donors (Lipinski definition) is 0. The van der Waals surface area contributed by atoms with Crippen LogP contribution < -0.4 is 14.2 Å². The molecular formula is C19H22O4S. The predicted octanol–water partition coefficient (Wildman–Crippen LogP) is 4.47. The lowest BCUT2D eigenvalue weighted by Crippen LogP contribution is -2.13. The largest absolute Gasteiger partial charge is 0.494 e. The van der Waals surface area contributed by atoms with Gasteiger partial charge >= 0.3 is 0 Å². The second-order valence-electron chi connectivity index (χ2n) is 5.10. The van der Waals surface area contributed by atoms with Crippen molar-refractivity contribution in [2.24, 2.45) is 0 Å². The van der Waals surface area contributed by atoms with Gasteiger partial charge in [-0.05, 0) is 56.3 Å². The molecule has 5 heteroatoms. The van der Waals surface area contributed by atoms with Crippen LogP contribution in [0.25, 0.3) is 0 Å². The van der Waals surface area contributed by atoms with E-state index in [1.807, 2.05) is 38.1 Å². The molecule has 24 heavy (non-hydrogen) atoms. The highest BCUT2D eigenvalue weighted by molar-refractivity contribution is 8.00. The molecule has 1 unspecified atom stereocenters. The topological polar surface area (TPSA) is 44.8 Å². The molecule has 0 aromatic heterocycles. The third-order valence-electron chi connectivity index (χ3n) is 3.48. The summed E-state index contributed by atoms with van der Waals surface area (Å²) in [5, 5.41) is -0.207. The van der Waals surface area contributed by atoms with Crippen molar-refractivity contribution in [2.45, 2.75) is 24.0 Å². The Bertz CT molecular complexity index is 682. The summed E-state index contributed by atoms with van der Waals surface area (Å²) in [6, 6.07) is 13.0. The fraction of sp³-hybridized carbons (Fsp3) is 0.316. The monoisotopic (exact) mass is 346 g/mol. The van der Waals surface area contributed by atoms with E-state index in [-0.39, 0.29) is 11.0 Å². The van der Waals surface area contributed by atoms with Crippen LogP contribution in [0.5, 0.6) is 17.2 Å². The molecule has 1 atom stereocenters. The van der Waals surface area contributed by atoms with Crippen molar-refractivity contribution in [2.75, 3.05) is 20.8 Å². The van der Waals surface area contributed by atoms with Gasteiger partial charge in [0.25, 0.3) is 0 Å². The zero-order valence-electron chi connectivity index (χ0n) is 14.4. The van der Waals surface area contributed by atoms with Gasteiger partial charge in [-0.1, -0.05) is 0 Å². The van der Waals surface area contributed by atoms with Crippen LogP contribution in [-0.2, 0) is 0 Å². The van der Waals surface area contributed by atoms with E-state index in [1.54, 1.807) is 32.4 Å². The first-order valence-corrected chi connectivity index (χ1v) is 8.62. The van der Waals surface area contributed by atoms with E-state index in [0.29, 0.717) is 23.7 Å². The first-order valence-electron chi connectivity index (χ1n) is 7.74. The van der Waals surface area contributed by atoms with Crippen molar-refractivity contribution in [3.8, 4) is 17.2 Å². The second kappa shape index (κ2) is 8.64. The van der Waals surface area contributed by atoms with Gasteiger partial charge in [-0.15, -0.1) is 11.8 Å². The van der Waals surface area contributed by atoms with Gasteiger partial charge in [0.1, 0.15) is 5.75 Å². The third kappa shape index (κ3) is 4.45. The van der Waals surface area contributed by atoms with Crippen LogP contribution in [0.1, 0.15) is 24.2 Å². The highest BCUT2D eigenvalue weighted by Crippen LogP contribution is 2.31. The normalized spacial score (nSPS) is 11.7. The fourth-order valence-electron chi connectivity index (χ4n) is 2.26. The van der Waals surface area contributed by atoms with Crippen LogP contribution in [0, 0.1) is 0 Å². The summed E-state index contributed by atoms with van der Waals surface area (Å²) in [6.45, 7) is 4.49. The van der Waals surface area contributed by atoms with Gasteiger partial charge in [0, 0.05) is 10.5 Å². The van der Waals surface area contributed by atoms with Crippen LogP contribution >= 0.6 is 11.8 Å². The Hall–Kier alpha value is -2.14. The molecule has 0 amide bonds. The number of carbonyl (C=O) groups excluding carboxylic acids is 1. The molecule has 2 aromatic rings. The first kappa shape index (κ1) is 18.2. The van der Waals surface area contributed by atoms with Gasteiger partial charge in [-0.2, -0.15) is 0 Å². The van der Waals surface area contributed by atoms with E-state index in [9.17, 15) is 4.79 Å². The van der Waals surface area contributed by atoms with Crippen molar-refractivity contribution < 1.29 is 19.0 Å². The van der Waals surface area contributed by atoms with Gasteiger partial charge < -0.3 is 14.2 Å². The van der Waals surface area contributed by atoms with Crippen molar-refractivity contribution >= 4 is 17.5 Å². The van der Waals surface area contributed by atoms with Crippen molar-refractivity contribution in [1.82, 2.24) is 0 Å². The average Bonchev–Trinajstić information content (AvgIpc) is 2.62. The van der Waals surface area contributed by atoms with E-state index in [0.717, 1.165) is 10.6 Å². The molecule has 2 aromatic carbocycles. The van der Waals surface area contributed by atoms with E-state index in [1.165, 1.54) is 11.8 Å². The summed E-state index contributed by atoms with van der Waals surface area (Å²) in [6.07, 6.45) is 0. The number of Topliss-reactive ketones (excluding diaryl/α,β-unsaturated/α-hetero) is 1. The minimum atomic E-state index is -0.207. The molecule has 0 heterocycles. The zero-order chi connectivity index (χ0) is 17.5. The molecular weight excluding hydrogens is 324 g/mol. The summed E-state index contributed by atoms with van der Waals surface area (Å²) < 4.78 is 15.9. The van der Waals surface area contributed by atoms with E-state index in [2.05, 4.69) is 0 Å². The van der Waals surface area contributed by atoms with Crippen LogP contribution in [0.4, 0.5) is 0 Å². The van der Waals surface area contributed by atoms with Crippen molar-refractivity contribution in [3.63, 3.8) is 0 Å². The Morgan fingerprint density at radius 3 is 2.29 bits per heavy atom. The lowest BCUT2D eigenvalue weighted by Gasteiger charge is -2.13. The highest BCUT2D eigenvalue weighted by atomic mass is 32.2. The molecule has 0 N–H and O–H groups in total. The van der Waals surface area contributed by atoms with E-state index in [4.69, 9.17) is 14.2 Å². The number of thioether (sulfide) groups is 1. The third-order valence-corrected chi connectivity index (χ3v) is 4.60. The lowest BCUT2D eigenvalue weighted by atomic mass is 10.1. The standard InChI is InChI=1S/C19H22O4S/c1-5-23-15-7-9-16(10-8-15)24-13(2)19(20)14-6-11-17(21-3)18(12-14)22-4/h6-13H,5H2,1-4H3. The summed E-state index contributed by atoms with van der Waals surface area (Å²) >= 11 is 1.52. The van der Waals surface area contributed by atoms with Crippen molar-refractivity contribution in [1.29, 1.82) is 0 Å². The molecule has 4 nitrogen and oxygen atoms in total. The number of carbonyl (C=O) groups is 1. The fourth-order valence-corrected chi connectivity index (χ4v) is 3.21. The van der Waals surface area contributed by atoms with Crippen molar-refractivity contribution in [3.05, 3.63) is 48.0 Å². The molecule has 0 aliphatic carbocycles. The van der Waals surface area contributed by atoms with E-state index >= 15 is 0 Å². The number of rotatable bonds is 8. The van der Waals surface area contributed by atoms with Gasteiger partial charge in [0.05, 0.1) is 26.1 Å². The molecule has 0 bridgehead atoms. The first-order chi connectivity index (χ1) is 11.6. The van der Waals surface area contributed by atoms with Gasteiger partial charge in [0.15, 0.2) is 17.3 Å². The Morgan fingerprint density at radius 1 is 1.04 bits per heavy atom. The SMILES string of the molecule is CCOc1ccc(SC(C)C(=O)c2ccc(OC)c(OC)c2)cc1. The van der Waals surface area contributed by atoms with Gasteiger partial charge in [-0.3, -0.25) is 4.79 Å². The molecule has 0 spiro atoms. The van der Waals surface area contributed by atoms with Crippen LogP contribution in [0.15, 0.2) is 47.4 Å². The zero-order valence-corrected chi connectivity index (χ0v) is 15.2. The van der Waals surface area contributed by atoms with Gasteiger partial charge in [-0.25, -0.2) is 0 Å². The van der Waals surface area contributed by atoms with Crippen LogP contribution in [-0.4, -0.2) is 31.9 Å². The Kier molecular flexibility index (Phi) is 6.55. The lowest BCUT2D eigenvalue weighted by molar-refractivity contribution is 0.0993. The summed E-state index contributed by atoms with van der Waals surface area (Å²) in [5.74, 6) is 2.05. The molecule has 0 radical (unpaired) electrons. The Labute approximate surface area is 147 Å². The summed E-state index contributed by atoms with van der Waals surface area (Å²) in [5.41, 5.74) is 0.610. The maximum atomic E-state index is 12.6. The molecule has 0 saturated heterocycles. The highest BCUT2D eigenvalue weighted by Gasteiger charge is 2.18. The molecule has 0 aliphatic heterocycles. The molecule has 0 saturated carbocycles.